The van der Waals surface area contributed by atoms with Crippen molar-refractivity contribution in [3.8, 4) is 0 Å². The minimum Gasteiger partial charge on any atom is -0.469 e. The molecule has 0 atom stereocenters. The molecule has 1 aromatic rings. The van der Waals surface area contributed by atoms with Gasteiger partial charge < -0.3 is 9.64 Å². The van der Waals surface area contributed by atoms with E-state index in [9.17, 15) is 18.0 Å². The molecule has 2 aliphatic rings. The molecule has 26 heavy (non-hydrogen) atoms. The molecule has 0 aliphatic carbocycles. The fraction of sp³-hybridized carbons (Fsp3) is 0.647. The number of carbonyl (C=O) groups excluding carboxylic acids is 2. The summed E-state index contributed by atoms with van der Waals surface area (Å²) in [6, 6.07) is 3.34. The Bertz CT molecular complexity index is 731. The Morgan fingerprint density at radius 3 is 2.23 bits per heavy atom. The molecule has 9 heteroatoms. The third-order valence-corrected chi connectivity index (χ3v) is 8.51. The van der Waals surface area contributed by atoms with Gasteiger partial charge in [-0.05, 0) is 37.1 Å². The highest BCUT2D eigenvalue weighted by Crippen LogP contribution is 2.28. The molecule has 2 fully saturated rings. The summed E-state index contributed by atoms with van der Waals surface area (Å²) in [5, 5.41) is 1.75. The molecule has 7 nitrogen and oxygen atoms in total. The summed E-state index contributed by atoms with van der Waals surface area (Å²) in [5.41, 5.74) is 0. The molecule has 1 amide bonds. The van der Waals surface area contributed by atoms with Crippen LogP contribution in [0.5, 0.6) is 0 Å². The number of likely N-dealkylation sites (tertiary alicyclic amines) is 1. The van der Waals surface area contributed by atoms with Gasteiger partial charge in [-0.1, -0.05) is 6.07 Å². The van der Waals surface area contributed by atoms with Gasteiger partial charge in [-0.15, -0.1) is 11.3 Å². The van der Waals surface area contributed by atoms with E-state index in [1.54, 1.807) is 17.5 Å². The number of ether oxygens (including phenoxy) is 1. The van der Waals surface area contributed by atoms with E-state index in [-0.39, 0.29) is 23.7 Å². The number of methoxy groups -OCH3 is 1. The van der Waals surface area contributed by atoms with E-state index in [1.165, 1.54) is 22.8 Å². The number of sulfonamides is 1. The summed E-state index contributed by atoms with van der Waals surface area (Å²) in [6.07, 6.45) is 2.34. The van der Waals surface area contributed by atoms with E-state index >= 15 is 0 Å². The largest absolute Gasteiger partial charge is 0.469 e. The van der Waals surface area contributed by atoms with Crippen LogP contribution in [0.1, 0.15) is 25.7 Å². The number of rotatable bonds is 4. The molecule has 2 aliphatic heterocycles. The second kappa shape index (κ2) is 8.06. The van der Waals surface area contributed by atoms with Crippen LogP contribution in [0.25, 0.3) is 0 Å². The monoisotopic (exact) mass is 400 g/mol. The fourth-order valence-corrected chi connectivity index (χ4v) is 6.26. The highest BCUT2D eigenvalue weighted by molar-refractivity contribution is 7.91. The van der Waals surface area contributed by atoms with Gasteiger partial charge >= 0.3 is 5.97 Å². The van der Waals surface area contributed by atoms with Crippen molar-refractivity contribution in [3.63, 3.8) is 0 Å². The first-order valence-corrected chi connectivity index (χ1v) is 11.2. The Morgan fingerprint density at radius 1 is 1.08 bits per heavy atom. The fourth-order valence-electron chi connectivity index (χ4n) is 3.64. The smallest absolute Gasteiger partial charge is 0.308 e. The van der Waals surface area contributed by atoms with E-state index in [4.69, 9.17) is 4.74 Å². The number of hydrogen-bond acceptors (Lipinski definition) is 6. The van der Waals surface area contributed by atoms with Crippen molar-refractivity contribution in [2.45, 2.75) is 29.9 Å². The Morgan fingerprint density at radius 2 is 1.69 bits per heavy atom. The molecule has 2 saturated heterocycles. The third kappa shape index (κ3) is 3.94. The molecule has 1 aromatic heterocycles. The molecule has 0 radical (unpaired) electrons. The van der Waals surface area contributed by atoms with Crippen LogP contribution < -0.4 is 0 Å². The number of amides is 1. The summed E-state index contributed by atoms with van der Waals surface area (Å²) in [6.45, 7) is 1.86. The third-order valence-electron chi connectivity index (χ3n) is 5.23. The van der Waals surface area contributed by atoms with Crippen LogP contribution >= 0.6 is 11.3 Å². The van der Waals surface area contributed by atoms with Gasteiger partial charge in [0.15, 0.2) is 0 Å². The predicted molar refractivity (Wildman–Crippen MR) is 97.1 cm³/mol. The normalized spacial score (nSPS) is 20.9. The quantitative estimate of drug-likeness (QED) is 0.716. The van der Waals surface area contributed by atoms with Crippen molar-refractivity contribution in [2.75, 3.05) is 33.3 Å². The Labute approximate surface area is 158 Å². The van der Waals surface area contributed by atoms with E-state index in [0.29, 0.717) is 56.1 Å². The van der Waals surface area contributed by atoms with E-state index < -0.39 is 10.0 Å². The maximum atomic E-state index is 12.7. The van der Waals surface area contributed by atoms with Gasteiger partial charge in [-0.2, -0.15) is 4.31 Å². The van der Waals surface area contributed by atoms with Gasteiger partial charge in [0.25, 0.3) is 10.0 Å². The molecule has 3 rings (SSSR count). The molecule has 0 aromatic carbocycles. The SMILES string of the molecule is COC(=O)C1CCN(C(=O)C2CCN(S(=O)(=O)c3cccs3)CC2)CC1. The van der Waals surface area contributed by atoms with Gasteiger partial charge in [-0.25, -0.2) is 8.42 Å². The number of carbonyl (C=O) groups is 2. The topological polar surface area (TPSA) is 84.0 Å². The number of nitrogens with zero attached hydrogens (tertiary/aromatic N) is 2. The number of hydrogen-bond donors (Lipinski definition) is 0. The lowest BCUT2D eigenvalue weighted by Gasteiger charge is -2.36. The minimum absolute atomic E-state index is 0.0847. The molecule has 0 N–H and O–H groups in total. The van der Waals surface area contributed by atoms with Gasteiger partial charge in [0.2, 0.25) is 5.91 Å². The Hall–Kier alpha value is -1.45. The van der Waals surface area contributed by atoms with Crippen molar-refractivity contribution >= 4 is 33.2 Å². The molecule has 0 bridgehead atoms. The number of esters is 1. The number of thiophene rings is 1. The summed E-state index contributed by atoms with van der Waals surface area (Å²) in [7, 11) is -2.05. The van der Waals surface area contributed by atoms with Crippen molar-refractivity contribution in [1.82, 2.24) is 9.21 Å². The first-order valence-electron chi connectivity index (χ1n) is 8.83. The average molecular weight is 401 g/mol. The Kier molecular flexibility index (Phi) is 5.99. The Balaban J connectivity index is 1.52. The molecular weight excluding hydrogens is 376 g/mol. The second-order valence-corrected chi connectivity index (χ2v) is 9.85. The lowest BCUT2D eigenvalue weighted by atomic mass is 9.92. The molecule has 144 valence electrons. The molecule has 3 heterocycles. The van der Waals surface area contributed by atoms with Crippen LogP contribution in [-0.2, 0) is 24.3 Å². The van der Waals surface area contributed by atoms with Crippen LogP contribution in [0.2, 0.25) is 0 Å². The van der Waals surface area contributed by atoms with Gasteiger partial charge in [-0.3, -0.25) is 9.59 Å². The van der Waals surface area contributed by atoms with Crippen molar-refractivity contribution in [2.24, 2.45) is 11.8 Å². The zero-order chi connectivity index (χ0) is 18.7. The first kappa shape index (κ1) is 19.3. The summed E-state index contributed by atoms with van der Waals surface area (Å²) in [4.78, 5) is 26.1. The van der Waals surface area contributed by atoms with Crippen molar-refractivity contribution in [3.05, 3.63) is 17.5 Å². The maximum Gasteiger partial charge on any atom is 0.308 e. The molecule has 0 saturated carbocycles. The van der Waals surface area contributed by atoms with Crippen molar-refractivity contribution in [1.29, 1.82) is 0 Å². The standard InChI is InChI=1S/C17H24N2O5S2/c1-24-17(21)14-4-8-18(9-5-14)16(20)13-6-10-19(11-7-13)26(22,23)15-3-2-12-25-15/h2-3,12-14H,4-11H2,1H3. The summed E-state index contributed by atoms with van der Waals surface area (Å²) in [5.74, 6) is -0.382. The minimum atomic E-state index is -3.44. The van der Waals surface area contributed by atoms with Crippen LogP contribution in [-0.4, -0.2) is 62.8 Å². The lowest BCUT2D eigenvalue weighted by Crippen LogP contribution is -2.47. The molecule has 0 spiro atoms. The molecule has 0 unspecified atom stereocenters. The van der Waals surface area contributed by atoms with Gasteiger partial charge in [0.05, 0.1) is 13.0 Å². The average Bonchev–Trinajstić information content (AvgIpc) is 3.23. The number of piperidine rings is 2. The van der Waals surface area contributed by atoms with Crippen LogP contribution in [0.15, 0.2) is 21.7 Å². The van der Waals surface area contributed by atoms with Gasteiger partial charge in [0, 0.05) is 32.1 Å². The van der Waals surface area contributed by atoms with Crippen molar-refractivity contribution < 1.29 is 22.7 Å². The lowest BCUT2D eigenvalue weighted by molar-refractivity contribution is -0.149. The second-order valence-electron chi connectivity index (χ2n) is 6.73. The zero-order valence-corrected chi connectivity index (χ0v) is 16.4. The summed E-state index contributed by atoms with van der Waals surface area (Å²) < 4.78 is 31.7. The maximum absolute atomic E-state index is 12.7. The first-order chi connectivity index (χ1) is 12.4. The van der Waals surface area contributed by atoms with E-state index in [0.717, 1.165) is 0 Å². The highest BCUT2D eigenvalue weighted by atomic mass is 32.2. The predicted octanol–water partition coefficient (Wildman–Crippen LogP) is 1.56. The van der Waals surface area contributed by atoms with E-state index in [2.05, 4.69) is 0 Å². The summed E-state index contributed by atoms with van der Waals surface area (Å²) >= 11 is 1.22. The van der Waals surface area contributed by atoms with Crippen LogP contribution in [0.4, 0.5) is 0 Å². The molecular formula is C17H24N2O5S2. The van der Waals surface area contributed by atoms with Crippen LogP contribution in [0, 0.1) is 11.8 Å². The zero-order valence-electron chi connectivity index (χ0n) is 14.8. The van der Waals surface area contributed by atoms with Gasteiger partial charge in [0.1, 0.15) is 4.21 Å². The highest BCUT2D eigenvalue weighted by Gasteiger charge is 2.36. The van der Waals surface area contributed by atoms with Crippen LogP contribution in [0.3, 0.4) is 0 Å². The van der Waals surface area contributed by atoms with E-state index in [1.807, 2.05) is 4.90 Å².